The van der Waals surface area contributed by atoms with Crippen LogP contribution < -0.4 is 4.74 Å². The molecule has 0 spiro atoms. The lowest BCUT2D eigenvalue weighted by Gasteiger charge is -2.36. The Morgan fingerprint density at radius 1 is 1.04 bits per heavy atom. The van der Waals surface area contributed by atoms with Crippen LogP contribution in [0.4, 0.5) is 0 Å². The minimum atomic E-state index is 0.115. The number of piperidine rings is 1. The SMILES string of the molecule is COc1ccc([C@@H](c2nnnn2C2CCCC2)N2CCC(C)CC2)cc1. The normalized spacial score (nSPS) is 21.2. The Bertz CT molecular complexity index is 699. The number of likely N-dealkylation sites (tertiary alicyclic amines) is 1. The van der Waals surface area contributed by atoms with Gasteiger partial charge in [-0.3, -0.25) is 4.90 Å². The molecule has 6 heteroatoms. The van der Waals surface area contributed by atoms with Crippen molar-refractivity contribution in [3.63, 3.8) is 0 Å². The van der Waals surface area contributed by atoms with E-state index in [-0.39, 0.29) is 6.04 Å². The number of methoxy groups -OCH3 is 1. The molecule has 1 aromatic heterocycles. The van der Waals surface area contributed by atoms with Crippen LogP contribution in [0.3, 0.4) is 0 Å². The first-order valence-electron chi connectivity index (χ1n) is 9.92. The first-order valence-corrected chi connectivity index (χ1v) is 9.92. The topological polar surface area (TPSA) is 56.1 Å². The maximum absolute atomic E-state index is 5.35. The van der Waals surface area contributed by atoms with Crippen LogP contribution in [0, 0.1) is 5.92 Å². The molecule has 1 saturated carbocycles. The molecular formula is C20H29N5O. The van der Waals surface area contributed by atoms with E-state index < -0.39 is 0 Å². The lowest BCUT2D eigenvalue weighted by molar-refractivity contribution is 0.148. The Labute approximate surface area is 155 Å². The number of ether oxygens (including phenoxy) is 1. The third-order valence-corrected chi connectivity index (χ3v) is 6.05. The number of hydrogen-bond acceptors (Lipinski definition) is 5. The van der Waals surface area contributed by atoms with Gasteiger partial charge in [-0.05, 0) is 72.8 Å². The fourth-order valence-corrected chi connectivity index (χ4v) is 4.39. The highest BCUT2D eigenvalue weighted by molar-refractivity contribution is 5.32. The van der Waals surface area contributed by atoms with Crippen molar-refractivity contribution in [3.8, 4) is 5.75 Å². The minimum absolute atomic E-state index is 0.115. The summed E-state index contributed by atoms with van der Waals surface area (Å²) in [5.74, 6) is 2.68. The molecule has 1 aliphatic carbocycles. The summed E-state index contributed by atoms with van der Waals surface area (Å²) in [5, 5.41) is 13.0. The summed E-state index contributed by atoms with van der Waals surface area (Å²) in [6.07, 6.45) is 7.39. The summed E-state index contributed by atoms with van der Waals surface area (Å²) < 4.78 is 7.46. The van der Waals surface area contributed by atoms with Crippen LogP contribution in [0.25, 0.3) is 0 Å². The van der Waals surface area contributed by atoms with Gasteiger partial charge < -0.3 is 4.74 Å². The first-order chi connectivity index (χ1) is 12.8. The van der Waals surface area contributed by atoms with Gasteiger partial charge in [-0.2, -0.15) is 0 Å². The van der Waals surface area contributed by atoms with E-state index in [1.165, 1.54) is 44.1 Å². The molecule has 26 heavy (non-hydrogen) atoms. The molecule has 1 saturated heterocycles. The fraction of sp³-hybridized carbons (Fsp3) is 0.650. The summed E-state index contributed by atoms with van der Waals surface area (Å²) in [6, 6.07) is 8.97. The quantitative estimate of drug-likeness (QED) is 0.820. The zero-order valence-corrected chi connectivity index (χ0v) is 15.8. The molecule has 0 amide bonds. The predicted molar refractivity (Wildman–Crippen MR) is 100 cm³/mol. The Kier molecular flexibility index (Phi) is 5.20. The van der Waals surface area contributed by atoms with Gasteiger partial charge in [-0.1, -0.05) is 31.9 Å². The van der Waals surface area contributed by atoms with Crippen LogP contribution in [-0.2, 0) is 0 Å². The van der Waals surface area contributed by atoms with Gasteiger partial charge >= 0.3 is 0 Å². The molecule has 2 heterocycles. The average Bonchev–Trinajstić information content (AvgIpc) is 3.35. The molecule has 4 rings (SSSR count). The van der Waals surface area contributed by atoms with Gasteiger partial charge in [0.25, 0.3) is 0 Å². The standard InChI is InChI=1S/C20H29N5O/c1-15-11-13-24(14-12-15)19(16-7-9-18(26-2)10-8-16)20-21-22-23-25(20)17-5-3-4-6-17/h7-10,15,17,19H,3-6,11-14H2,1-2H3/t19-/m0/s1. The van der Waals surface area contributed by atoms with Gasteiger partial charge in [-0.25, -0.2) is 4.68 Å². The molecule has 0 radical (unpaired) electrons. The van der Waals surface area contributed by atoms with Crippen LogP contribution in [-0.4, -0.2) is 45.3 Å². The highest BCUT2D eigenvalue weighted by atomic mass is 16.5. The van der Waals surface area contributed by atoms with Gasteiger partial charge in [0.2, 0.25) is 0 Å². The van der Waals surface area contributed by atoms with E-state index in [9.17, 15) is 0 Å². The molecule has 0 bridgehead atoms. The fourth-order valence-electron chi connectivity index (χ4n) is 4.39. The van der Waals surface area contributed by atoms with E-state index in [4.69, 9.17) is 4.74 Å². The summed E-state index contributed by atoms with van der Waals surface area (Å²) in [6.45, 7) is 4.53. The van der Waals surface area contributed by atoms with Crippen molar-refractivity contribution in [2.24, 2.45) is 5.92 Å². The molecule has 1 aliphatic heterocycles. The summed E-state index contributed by atoms with van der Waals surface area (Å²) in [7, 11) is 1.71. The van der Waals surface area contributed by atoms with E-state index in [1.54, 1.807) is 7.11 Å². The Morgan fingerprint density at radius 2 is 1.73 bits per heavy atom. The van der Waals surface area contributed by atoms with Gasteiger partial charge in [0.1, 0.15) is 5.75 Å². The van der Waals surface area contributed by atoms with Gasteiger partial charge in [-0.15, -0.1) is 5.10 Å². The molecule has 1 aromatic carbocycles. The van der Waals surface area contributed by atoms with Gasteiger partial charge in [0.05, 0.1) is 19.2 Å². The van der Waals surface area contributed by atoms with E-state index in [0.717, 1.165) is 30.6 Å². The molecule has 2 aliphatic rings. The maximum atomic E-state index is 5.35. The van der Waals surface area contributed by atoms with Gasteiger partial charge in [0, 0.05) is 0 Å². The number of hydrogen-bond donors (Lipinski definition) is 0. The third kappa shape index (κ3) is 3.47. The van der Waals surface area contributed by atoms with Crippen molar-refractivity contribution in [1.29, 1.82) is 0 Å². The van der Waals surface area contributed by atoms with Crippen molar-refractivity contribution in [2.45, 2.75) is 57.5 Å². The van der Waals surface area contributed by atoms with Crippen molar-refractivity contribution in [2.75, 3.05) is 20.2 Å². The number of nitrogens with zero attached hydrogens (tertiary/aromatic N) is 5. The second-order valence-corrected chi connectivity index (χ2v) is 7.81. The largest absolute Gasteiger partial charge is 0.497 e. The average molecular weight is 355 g/mol. The number of rotatable bonds is 5. The van der Waals surface area contributed by atoms with E-state index >= 15 is 0 Å². The van der Waals surface area contributed by atoms with Crippen LogP contribution in [0.5, 0.6) is 5.75 Å². The molecule has 2 aromatic rings. The van der Waals surface area contributed by atoms with E-state index in [2.05, 4.69) is 44.2 Å². The monoisotopic (exact) mass is 355 g/mol. The van der Waals surface area contributed by atoms with Crippen molar-refractivity contribution < 1.29 is 4.74 Å². The second-order valence-electron chi connectivity index (χ2n) is 7.81. The van der Waals surface area contributed by atoms with Crippen LogP contribution in [0.1, 0.15) is 68.9 Å². The van der Waals surface area contributed by atoms with E-state index in [0.29, 0.717) is 6.04 Å². The summed E-state index contributed by atoms with van der Waals surface area (Å²) >= 11 is 0. The van der Waals surface area contributed by atoms with Crippen LogP contribution >= 0.6 is 0 Å². The smallest absolute Gasteiger partial charge is 0.173 e. The molecular weight excluding hydrogens is 326 g/mol. The zero-order chi connectivity index (χ0) is 17.9. The third-order valence-electron chi connectivity index (χ3n) is 6.05. The number of tetrazole rings is 1. The second kappa shape index (κ2) is 7.74. The van der Waals surface area contributed by atoms with E-state index in [1.807, 2.05) is 12.1 Å². The lowest BCUT2D eigenvalue weighted by Crippen LogP contribution is -2.38. The number of aromatic nitrogens is 4. The van der Waals surface area contributed by atoms with Crippen LogP contribution in [0.2, 0.25) is 0 Å². The van der Waals surface area contributed by atoms with Crippen molar-refractivity contribution in [1.82, 2.24) is 25.1 Å². The Hall–Kier alpha value is -1.95. The maximum Gasteiger partial charge on any atom is 0.173 e. The molecule has 0 N–H and O–H groups in total. The minimum Gasteiger partial charge on any atom is -0.497 e. The molecule has 2 fully saturated rings. The van der Waals surface area contributed by atoms with Crippen molar-refractivity contribution >= 4 is 0 Å². The first kappa shape index (κ1) is 17.5. The zero-order valence-electron chi connectivity index (χ0n) is 15.8. The van der Waals surface area contributed by atoms with Crippen LogP contribution in [0.15, 0.2) is 24.3 Å². The highest BCUT2D eigenvalue weighted by Crippen LogP contribution is 2.36. The van der Waals surface area contributed by atoms with Crippen molar-refractivity contribution in [3.05, 3.63) is 35.7 Å². The van der Waals surface area contributed by atoms with Gasteiger partial charge in [0.15, 0.2) is 5.82 Å². The molecule has 6 nitrogen and oxygen atoms in total. The predicted octanol–water partition coefficient (Wildman–Crippen LogP) is 3.62. The summed E-state index contributed by atoms with van der Waals surface area (Å²) in [5.41, 5.74) is 1.24. The molecule has 140 valence electrons. The summed E-state index contributed by atoms with van der Waals surface area (Å²) in [4.78, 5) is 2.55. The Balaban J connectivity index is 1.69. The molecule has 0 unspecified atom stereocenters. The Morgan fingerprint density at radius 3 is 2.38 bits per heavy atom. The number of benzene rings is 1. The lowest BCUT2D eigenvalue weighted by atomic mass is 9.95. The molecule has 1 atom stereocenters. The highest BCUT2D eigenvalue weighted by Gasteiger charge is 2.32.